The maximum atomic E-state index is 13.4. The van der Waals surface area contributed by atoms with E-state index >= 15 is 0 Å². The Kier molecular flexibility index (Phi) is 4.53. The van der Waals surface area contributed by atoms with Crippen molar-refractivity contribution in [2.24, 2.45) is 17.8 Å². The smallest absolute Gasteiger partial charge is 0.255 e. The van der Waals surface area contributed by atoms with Crippen molar-refractivity contribution in [3.05, 3.63) is 17.5 Å². The van der Waals surface area contributed by atoms with E-state index in [1.165, 1.54) is 6.42 Å². The van der Waals surface area contributed by atoms with Crippen molar-refractivity contribution >= 4 is 11.9 Å². The van der Waals surface area contributed by atoms with Gasteiger partial charge in [-0.25, -0.2) is 9.97 Å². The van der Waals surface area contributed by atoms with Crippen LogP contribution in [0.2, 0.25) is 0 Å². The Hall–Kier alpha value is -1.73. The molecule has 1 aromatic heterocycles. The fourth-order valence-corrected chi connectivity index (χ4v) is 6.86. The van der Waals surface area contributed by atoms with Crippen molar-refractivity contribution in [1.29, 1.82) is 0 Å². The summed E-state index contributed by atoms with van der Waals surface area (Å²) in [6.07, 6.45) is 11.8. The van der Waals surface area contributed by atoms with Gasteiger partial charge in [0.15, 0.2) is 0 Å². The lowest BCUT2D eigenvalue weighted by molar-refractivity contribution is -0.136. The number of anilines is 1. The largest absolute Gasteiger partial charge is 0.390 e. The van der Waals surface area contributed by atoms with Crippen molar-refractivity contribution in [3.63, 3.8) is 0 Å². The summed E-state index contributed by atoms with van der Waals surface area (Å²) in [4.78, 5) is 22.6. The maximum absolute atomic E-state index is 13.4. The Morgan fingerprint density at radius 2 is 1.93 bits per heavy atom. The minimum atomic E-state index is -0.488. The van der Waals surface area contributed by atoms with Crippen LogP contribution in [0.1, 0.15) is 86.4 Å². The van der Waals surface area contributed by atoms with Crippen molar-refractivity contribution in [2.45, 2.75) is 88.0 Å². The topological polar surface area (TPSA) is 96.4 Å². The van der Waals surface area contributed by atoms with Crippen LogP contribution in [-0.2, 0) is 4.74 Å². The average Bonchev–Trinajstić information content (AvgIpc) is 3.21. The Morgan fingerprint density at radius 1 is 1.13 bits per heavy atom. The summed E-state index contributed by atoms with van der Waals surface area (Å²) in [5.41, 5.74) is 0.788. The van der Waals surface area contributed by atoms with Crippen LogP contribution in [0.4, 0.5) is 5.95 Å². The molecule has 2 unspecified atom stereocenters. The quantitative estimate of drug-likeness (QED) is 0.688. The second kappa shape index (κ2) is 7.16. The van der Waals surface area contributed by atoms with E-state index in [4.69, 9.17) is 9.72 Å². The molecule has 7 nitrogen and oxygen atoms in total. The van der Waals surface area contributed by atoms with Gasteiger partial charge in [0.25, 0.3) is 5.91 Å². The molecule has 7 rings (SSSR count). The van der Waals surface area contributed by atoms with E-state index in [0.29, 0.717) is 41.9 Å². The molecule has 30 heavy (non-hydrogen) atoms. The van der Waals surface area contributed by atoms with Gasteiger partial charge >= 0.3 is 0 Å². The molecule has 5 aliphatic carbocycles. The number of ether oxygens (including phenoxy) is 1. The number of nitrogens with one attached hydrogen (secondary N) is 2. The fraction of sp³-hybridized carbons (Fsp3) is 0.783. The molecule has 162 valence electrons. The van der Waals surface area contributed by atoms with Gasteiger partial charge in [0, 0.05) is 24.9 Å². The Labute approximate surface area is 177 Å². The molecule has 6 aliphatic rings. The van der Waals surface area contributed by atoms with Gasteiger partial charge in [0.1, 0.15) is 6.10 Å². The van der Waals surface area contributed by atoms with Gasteiger partial charge < -0.3 is 20.5 Å². The fourth-order valence-electron chi connectivity index (χ4n) is 6.86. The zero-order valence-corrected chi connectivity index (χ0v) is 17.5. The molecule has 1 amide bonds. The molecular weight excluding hydrogens is 380 g/mol. The van der Waals surface area contributed by atoms with Gasteiger partial charge in [-0.1, -0.05) is 0 Å². The van der Waals surface area contributed by atoms with Crippen LogP contribution in [0.3, 0.4) is 0 Å². The number of carbonyl (C=O) groups is 1. The summed E-state index contributed by atoms with van der Waals surface area (Å²) in [5.74, 6) is 1.93. The molecule has 5 saturated carbocycles. The van der Waals surface area contributed by atoms with Gasteiger partial charge in [0.2, 0.25) is 5.95 Å². The van der Waals surface area contributed by atoms with Crippen molar-refractivity contribution in [2.75, 3.05) is 11.9 Å². The molecule has 1 aromatic rings. The van der Waals surface area contributed by atoms with Gasteiger partial charge in [-0.15, -0.1) is 0 Å². The van der Waals surface area contributed by atoms with Crippen molar-refractivity contribution in [1.82, 2.24) is 15.3 Å². The standard InChI is InChI=1S/C23H32N4O3/c28-21(26-19-14-7-13-8-15(19)11-23(29,9-13)10-14)17-12-24-22(25-16-3-1-4-16)27-20(17)18-5-2-6-30-18/h12-16,18-19,29H,1-11H2,(H,26,28)(H,24,25,27)/t13?,14?,15?,18-,19-,23+/m1/s1. The summed E-state index contributed by atoms with van der Waals surface area (Å²) in [5, 5.41) is 17.6. The first kappa shape index (κ1) is 19.0. The summed E-state index contributed by atoms with van der Waals surface area (Å²) in [7, 11) is 0. The first-order chi connectivity index (χ1) is 14.6. The number of rotatable bonds is 5. The molecule has 6 fully saturated rings. The van der Waals surface area contributed by atoms with Crippen molar-refractivity contribution < 1.29 is 14.6 Å². The van der Waals surface area contributed by atoms with Crippen LogP contribution in [0.5, 0.6) is 0 Å². The molecule has 1 saturated heterocycles. The molecule has 0 spiro atoms. The predicted molar refractivity (Wildman–Crippen MR) is 111 cm³/mol. The SMILES string of the molecule is O=C(N[C@H]1C2CC3CC1C[C@@](O)(C3)C2)c1cnc(NC2CCC2)nc1[C@H]1CCCO1. The molecule has 1 aliphatic heterocycles. The van der Waals surface area contributed by atoms with Gasteiger partial charge in [-0.2, -0.15) is 0 Å². The highest BCUT2D eigenvalue weighted by atomic mass is 16.5. The van der Waals surface area contributed by atoms with Crippen LogP contribution < -0.4 is 10.6 Å². The summed E-state index contributed by atoms with van der Waals surface area (Å²) in [6, 6.07) is 0.598. The van der Waals surface area contributed by atoms with Crippen LogP contribution in [0, 0.1) is 17.8 Å². The van der Waals surface area contributed by atoms with E-state index in [9.17, 15) is 9.90 Å². The summed E-state index contributed by atoms with van der Waals surface area (Å²) < 4.78 is 5.90. The van der Waals surface area contributed by atoms with Crippen LogP contribution in [0.15, 0.2) is 6.20 Å². The first-order valence-electron chi connectivity index (χ1n) is 11.8. The van der Waals surface area contributed by atoms with E-state index in [1.807, 2.05) is 0 Å². The minimum absolute atomic E-state index is 0.0832. The number of carbonyl (C=O) groups excluding carboxylic acids is 1. The van der Waals surface area contributed by atoms with Gasteiger partial charge in [0.05, 0.1) is 16.9 Å². The lowest BCUT2D eigenvalue weighted by Crippen LogP contribution is -2.61. The monoisotopic (exact) mass is 412 g/mol. The number of aliphatic hydroxyl groups is 1. The molecule has 0 aromatic carbocycles. The van der Waals surface area contributed by atoms with Crippen LogP contribution in [-0.4, -0.2) is 45.3 Å². The number of hydrogen-bond acceptors (Lipinski definition) is 6. The molecule has 4 bridgehead atoms. The average molecular weight is 413 g/mol. The van der Waals surface area contributed by atoms with Gasteiger partial charge in [-0.05, 0) is 82.0 Å². The number of aromatic nitrogens is 2. The van der Waals surface area contributed by atoms with E-state index in [1.54, 1.807) is 6.20 Å². The third-order valence-corrected chi connectivity index (χ3v) is 8.27. The molecule has 3 atom stereocenters. The Balaban J connectivity index is 1.23. The molecular formula is C23H32N4O3. The Bertz CT molecular complexity index is 820. The summed E-state index contributed by atoms with van der Waals surface area (Å²) >= 11 is 0. The normalized spacial score (nSPS) is 39.7. The molecule has 3 N–H and O–H groups in total. The third-order valence-electron chi connectivity index (χ3n) is 8.27. The summed E-state index contributed by atoms with van der Waals surface area (Å²) in [6.45, 7) is 0.716. The van der Waals surface area contributed by atoms with Crippen LogP contribution in [0.25, 0.3) is 0 Å². The highest BCUT2D eigenvalue weighted by Gasteiger charge is 2.55. The predicted octanol–water partition coefficient (Wildman–Crippen LogP) is 2.96. The lowest BCUT2D eigenvalue weighted by Gasteiger charge is -2.58. The maximum Gasteiger partial charge on any atom is 0.255 e. The number of hydrogen-bond donors (Lipinski definition) is 3. The Morgan fingerprint density at radius 3 is 2.57 bits per heavy atom. The second-order valence-electron chi connectivity index (χ2n) is 10.5. The molecule has 0 radical (unpaired) electrons. The number of nitrogens with zero attached hydrogens (tertiary/aromatic N) is 2. The highest BCUT2D eigenvalue weighted by molar-refractivity contribution is 5.95. The highest BCUT2D eigenvalue weighted by Crippen LogP contribution is 2.55. The van der Waals surface area contributed by atoms with E-state index in [-0.39, 0.29) is 18.1 Å². The van der Waals surface area contributed by atoms with E-state index < -0.39 is 5.60 Å². The second-order valence-corrected chi connectivity index (χ2v) is 10.5. The third kappa shape index (κ3) is 3.30. The van der Waals surface area contributed by atoms with Crippen molar-refractivity contribution in [3.8, 4) is 0 Å². The molecule has 7 heteroatoms. The van der Waals surface area contributed by atoms with Gasteiger partial charge in [-0.3, -0.25) is 4.79 Å². The molecule has 2 heterocycles. The zero-order chi connectivity index (χ0) is 20.3. The number of amides is 1. The first-order valence-corrected chi connectivity index (χ1v) is 11.8. The minimum Gasteiger partial charge on any atom is -0.390 e. The van der Waals surface area contributed by atoms with Crippen LogP contribution >= 0.6 is 0 Å². The van der Waals surface area contributed by atoms with E-state index in [0.717, 1.165) is 63.5 Å². The lowest BCUT2D eigenvalue weighted by atomic mass is 9.52. The van der Waals surface area contributed by atoms with E-state index in [2.05, 4.69) is 15.6 Å². The zero-order valence-electron chi connectivity index (χ0n) is 17.5.